The molecule has 0 aliphatic heterocycles. The second-order valence-corrected chi connectivity index (χ2v) is 9.29. The molecule has 0 radical (unpaired) electrons. The van der Waals surface area contributed by atoms with Crippen molar-refractivity contribution in [3.63, 3.8) is 0 Å². The van der Waals surface area contributed by atoms with Gasteiger partial charge >= 0.3 is 0 Å². The molecule has 41 heavy (non-hydrogen) atoms. The molecule has 0 saturated heterocycles. The van der Waals surface area contributed by atoms with Crippen LogP contribution in [0.3, 0.4) is 0 Å². The number of fused-ring (bicyclic) bond motifs is 2. The number of nitrogens with one attached hydrogen (secondary N) is 2. The zero-order valence-electron chi connectivity index (χ0n) is 24.2. The van der Waals surface area contributed by atoms with Gasteiger partial charge in [-0.05, 0) is 48.9 Å². The third-order valence-corrected chi connectivity index (χ3v) is 6.45. The third-order valence-electron chi connectivity index (χ3n) is 6.45. The summed E-state index contributed by atoms with van der Waals surface area (Å²) in [6.07, 6.45) is -1.52. The van der Waals surface area contributed by atoms with Crippen molar-refractivity contribution in [3.8, 4) is 11.5 Å². The highest BCUT2D eigenvalue weighted by molar-refractivity contribution is 6.07. The van der Waals surface area contributed by atoms with Crippen LogP contribution < -0.4 is 15.4 Å². The summed E-state index contributed by atoms with van der Waals surface area (Å²) < 4.78 is 30.3. The lowest BCUT2D eigenvalue weighted by atomic mass is 10.0. The highest BCUT2D eigenvalue weighted by Gasteiger charge is 2.26. The molecule has 2 atom stereocenters. The van der Waals surface area contributed by atoms with E-state index in [1.54, 1.807) is 14.2 Å². The van der Waals surface area contributed by atoms with Crippen LogP contribution in [-0.2, 0) is 28.5 Å². The molecule has 0 saturated carbocycles. The lowest BCUT2D eigenvalue weighted by Crippen LogP contribution is -2.12. The normalized spacial score (nSPS) is 12.7. The lowest BCUT2D eigenvalue weighted by Gasteiger charge is -2.25. The molecule has 9 nitrogen and oxygen atoms in total. The summed E-state index contributed by atoms with van der Waals surface area (Å²) >= 11 is 0. The van der Waals surface area contributed by atoms with E-state index in [-0.39, 0.29) is 11.8 Å². The Hall–Kier alpha value is -4.02. The highest BCUT2D eigenvalue weighted by atomic mass is 16.7. The molecule has 4 aromatic carbocycles. The molecule has 0 aliphatic carbocycles. The number of amides is 2. The van der Waals surface area contributed by atoms with Crippen LogP contribution in [0.25, 0.3) is 21.5 Å². The third kappa shape index (κ3) is 6.49. The van der Waals surface area contributed by atoms with Crippen LogP contribution in [0.15, 0.2) is 60.7 Å². The highest BCUT2D eigenvalue weighted by Crippen LogP contribution is 2.47. The Morgan fingerprint density at radius 2 is 1.07 bits per heavy atom. The van der Waals surface area contributed by atoms with Gasteiger partial charge in [-0.1, -0.05) is 36.4 Å². The van der Waals surface area contributed by atoms with E-state index in [0.717, 1.165) is 10.8 Å². The van der Waals surface area contributed by atoms with Gasteiger partial charge in [0.1, 0.15) is 11.5 Å². The smallest absolute Gasteiger partial charge is 0.221 e. The topological polar surface area (TPSA) is 104 Å². The van der Waals surface area contributed by atoms with E-state index in [2.05, 4.69) is 10.6 Å². The van der Waals surface area contributed by atoms with Crippen molar-refractivity contribution < 1.29 is 33.3 Å². The Balaban J connectivity index is 2.11. The van der Waals surface area contributed by atoms with E-state index < -0.39 is 12.6 Å². The summed E-state index contributed by atoms with van der Waals surface area (Å²) in [4.78, 5) is 24.4. The first kappa shape index (κ1) is 30.0. The standard InChI is InChI=1S/C32H36N2O7/c1-7-39-31(37-5)23-17-15-21-11-9-13-25(33-19(3)35)27(21)29(23)41-30-24(32(38-6)40-8-2)18-16-22-12-10-14-26(28(22)30)34-20(4)36/h9-18,31-32H,7-8H2,1-6H3,(H,33,35)(H,34,36). The number of ether oxygens (including phenoxy) is 5. The minimum Gasteiger partial charge on any atom is -0.455 e. The Morgan fingerprint density at radius 1 is 0.659 bits per heavy atom. The molecule has 2 N–H and O–H groups in total. The number of rotatable bonds is 12. The van der Waals surface area contributed by atoms with E-state index in [1.165, 1.54) is 13.8 Å². The van der Waals surface area contributed by atoms with E-state index in [0.29, 0.717) is 58.0 Å². The van der Waals surface area contributed by atoms with Gasteiger partial charge in [-0.2, -0.15) is 0 Å². The quantitative estimate of drug-likeness (QED) is 0.179. The molecule has 0 heterocycles. The molecule has 4 rings (SSSR count). The van der Waals surface area contributed by atoms with Gasteiger partial charge in [0.15, 0.2) is 12.6 Å². The summed E-state index contributed by atoms with van der Waals surface area (Å²) in [5.41, 5.74) is 2.36. The largest absolute Gasteiger partial charge is 0.455 e. The van der Waals surface area contributed by atoms with Crippen molar-refractivity contribution in [2.24, 2.45) is 0 Å². The van der Waals surface area contributed by atoms with Gasteiger partial charge in [-0.3, -0.25) is 9.59 Å². The van der Waals surface area contributed by atoms with Crippen LogP contribution in [0.5, 0.6) is 11.5 Å². The van der Waals surface area contributed by atoms with Crippen molar-refractivity contribution in [2.45, 2.75) is 40.3 Å². The van der Waals surface area contributed by atoms with Gasteiger partial charge in [0.05, 0.1) is 22.5 Å². The van der Waals surface area contributed by atoms with Gasteiger partial charge < -0.3 is 34.3 Å². The van der Waals surface area contributed by atoms with Crippen LogP contribution in [0, 0.1) is 0 Å². The van der Waals surface area contributed by atoms with Crippen molar-refractivity contribution >= 4 is 44.7 Å². The number of methoxy groups -OCH3 is 2. The fourth-order valence-corrected chi connectivity index (χ4v) is 4.88. The van der Waals surface area contributed by atoms with Crippen LogP contribution in [0.1, 0.15) is 51.4 Å². The Kier molecular flexibility index (Phi) is 9.91. The van der Waals surface area contributed by atoms with E-state index >= 15 is 0 Å². The predicted molar refractivity (Wildman–Crippen MR) is 159 cm³/mol. The lowest BCUT2D eigenvalue weighted by molar-refractivity contribution is -0.125. The maximum atomic E-state index is 12.2. The summed E-state index contributed by atoms with van der Waals surface area (Å²) in [7, 11) is 3.12. The van der Waals surface area contributed by atoms with Crippen LogP contribution >= 0.6 is 0 Å². The van der Waals surface area contributed by atoms with Crippen LogP contribution in [-0.4, -0.2) is 39.2 Å². The second kappa shape index (κ2) is 13.6. The van der Waals surface area contributed by atoms with Crippen molar-refractivity contribution in [1.82, 2.24) is 0 Å². The minimum absolute atomic E-state index is 0.225. The fraction of sp³-hybridized carbons (Fsp3) is 0.312. The van der Waals surface area contributed by atoms with Gasteiger partial charge in [0.25, 0.3) is 0 Å². The van der Waals surface area contributed by atoms with Gasteiger partial charge in [0, 0.05) is 52.1 Å². The SMILES string of the molecule is CCOC(OC)c1ccc2cccc(NC(C)=O)c2c1Oc1c(C(OC)OCC)ccc2cccc(NC(C)=O)c12. The van der Waals surface area contributed by atoms with Crippen LogP contribution in [0.2, 0.25) is 0 Å². The first-order valence-corrected chi connectivity index (χ1v) is 13.5. The van der Waals surface area contributed by atoms with Crippen LogP contribution in [0.4, 0.5) is 11.4 Å². The molecule has 216 valence electrons. The zero-order chi connectivity index (χ0) is 29.5. The Morgan fingerprint density at radius 3 is 1.41 bits per heavy atom. The molecule has 4 aromatic rings. The molecule has 0 aromatic heterocycles. The van der Waals surface area contributed by atoms with E-state index in [4.69, 9.17) is 23.7 Å². The fourth-order valence-electron chi connectivity index (χ4n) is 4.88. The zero-order valence-corrected chi connectivity index (χ0v) is 24.2. The molecule has 9 heteroatoms. The molecular weight excluding hydrogens is 524 g/mol. The summed E-state index contributed by atoms with van der Waals surface area (Å²) in [6, 6.07) is 18.8. The number of hydrogen-bond donors (Lipinski definition) is 2. The molecule has 0 fully saturated rings. The van der Waals surface area contributed by atoms with E-state index in [1.807, 2.05) is 74.5 Å². The maximum Gasteiger partial charge on any atom is 0.221 e. The first-order chi connectivity index (χ1) is 19.8. The number of carbonyl (C=O) groups excluding carboxylic acids is 2. The number of hydrogen-bond acceptors (Lipinski definition) is 7. The molecular formula is C32H36N2O7. The second-order valence-electron chi connectivity index (χ2n) is 9.29. The first-order valence-electron chi connectivity index (χ1n) is 13.5. The molecule has 2 amide bonds. The van der Waals surface area contributed by atoms with Gasteiger partial charge in [-0.25, -0.2) is 0 Å². The molecule has 2 unspecified atom stereocenters. The van der Waals surface area contributed by atoms with Crippen molar-refractivity contribution in [1.29, 1.82) is 0 Å². The average Bonchev–Trinajstić information content (AvgIpc) is 2.94. The number of benzene rings is 4. The van der Waals surface area contributed by atoms with E-state index in [9.17, 15) is 9.59 Å². The monoisotopic (exact) mass is 560 g/mol. The summed E-state index contributed by atoms with van der Waals surface area (Å²) in [5, 5.41) is 8.84. The molecule has 0 aliphatic rings. The molecule has 0 bridgehead atoms. The maximum absolute atomic E-state index is 12.2. The van der Waals surface area contributed by atoms with Crippen molar-refractivity contribution in [3.05, 3.63) is 71.8 Å². The average molecular weight is 561 g/mol. The Labute approximate surface area is 239 Å². The van der Waals surface area contributed by atoms with Crippen molar-refractivity contribution in [2.75, 3.05) is 38.1 Å². The number of carbonyl (C=O) groups is 2. The predicted octanol–water partition coefficient (Wildman–Crippen LogP) is 7.07. The summed E-state index contributed by atoms with van der Waals surface area (Å²) in [5.74, 6) is 0.392. The minimum atomic E-state index is -0.761. The Bertz CT molecular complexity index is 1440. The number of anilines is 2. The van der Waals surface area contributed by atoms with Gasteiger partial charge in [0.2, 0.25) is 11.8 Å². The molecule has 0 spiro atoms. The summed E-state index contributed by atoms with van der Waals surface area (Å²) in [6.45, 7) is 7.45. The van der Waals surface area contributed by atoms with Gasteiger partial charge in [-0.15, -0.1) is 0 Å².